The summed E-state index contributed by atoms with van der Waals surface area (Å²) in [5.74, 6) is 0. The molecule has 0 atom stereocenters. The molecular weight excluding hydrogens is 436 g/mol. The zero-order chi connectivity index (χ0) is 24.7. The Bertz CT molecular complexity index is 1310. The fourth-order valence-corrected chi connectivity index (χ4v) is 6.24. The average Bonchev–Trinajstić information content (AvgIpc) is 3.41. The summed E-state index contributed by atoms with van der Waals surface area (Å²) in [5.41, 5.74) is 5.68. The lowest BCUT2D eigenvalue weighted by molar-refractivity contribution is 0.567. The monoisotopic (exact) mass is 480 g/mol. The van der Waals surface area contributed by atoms with E-state index in [9.17, 15) is 0 Å². The summed E-state index contributed by atoms with van der Waals surface area (Å²) in [6.07, 6.45) is 16.0. The van der Waals surface area contributed by atoms with Crippen LogP contribution >= 0.6 is 0 Å². The van der Waals surface area contributed by atoms with Crippen LogP contribution in [0.2, 0.25) is 0 Å². The smallest absolute Gasteiger partial charge is 0.0739 e. The molecule has 0 N–H and O–H groups in total. The summed E-state index contributed by atoms with van der Waals surface area (Å²) in [5, 5.41) is 5.63. The lowest BCUT2D eigenvalue weighted by Crippen LogP contribution is -2.02. The zero-order valence-electron chi connectivity index (χ0n) is 22.6. The van der Waals surface area contributed by atoms with Gasteiger partial charge in [0.1, 0.15) is 0 Å². The van der Waals surface area contributed by atoms with Gasteiger partial charge < -0.3 is 9.13 Å². The van der Waals surface area contributed by atoms with E-state index in [1.165, 1.54) is 121 Å². The predicted molar refractivity (Wildman–Crippen MR) is 159 cm³/mol. The van der Waals surface area contributed by atoms with Crippen molar-refractivity contribution in [3.63, 3.8) is 0 Å². The first-order valence-corrected chi connectivity index (χ1v) is 14.8. The second kappa shape index (κ2) is 12.0. The number of rotatable bonds is 14. The molecule has 2 heterocycles. The molecule has 2 aromatic heterocycles. The van der Waals surface area contributed by atoms with Crippen molar-refractivity contribution in [1.29, 1.82) is 0 Å². The Hall–Kier alpha value is -2.74. The molecule has 0 spiro atoms. The first-order chi connectivity index (χ1) is 17.8. The molecule has 0 fully saturated rings. The maximum Gasteiger partial charge on any atom is 0.0739 e. The van der Waals surface area contributed by atoms with Gasteiger partial charge in [0, 0.05) is 45.7 Å². The van der Waals surface area contributed by atoms with Gasteiger partial charge in [-0.2, -0.15) is 0 Å². The predicted octanol–water partition coefficient (Wildman–Crippen LogP) is 10.6. The molecule has 0 saturated heterocycles. The molecule has 5 rings (SSSR count). The van der Waals surface area contributed by atoms with Gasteiger partial charge in [-0.25, -0.2) is 0 Å². The molecule has 36 heavy (non-hydrogen) atoms. The third kappa shape index (κ3) is 4.92. The minimum Gasteiger partial charge on any atom is -0.339 e. The average molecular weight is 481 g/mol. The first-order valence-electron chi connectivity index (χ1n) is 14.8. The van der Waals surface area contributed by atoms with E-state index < -0.39 is 0 Å². The van der Waals surface area contributed by atoms with E-state index in [-0.39, 0.29) is 0 Å². The van der Waals surface area contributed by atoms with E-state index in [4.69, 9.17) is 0 Å². The van der Waals surface area contributed by atoms with E-state index in [2.05, 4.69) is 83.6 Å². The van der Waals surface area contributed by atoms with Crippen LogP contribution in [0.5, 0.6) is 0 Å². The highest BCUT2D eigenvalue weighted by Crippen LogP contribution is 2.39. The number of hydrogen-bond acceptors (Lipinski definition) is 0. The van der Waals surface area contributed by atoms with E-state index in [1.54, 1.807) is 0 Å². The summed E-state index contributed by atoms with van der Waals surface area (Å²) in [6.45, 7) is 6.81. The van der Waals surface area contributed by atoms with Crippen molar-refractivity contribution in [2.24, 2.45) is 0 Å². The van der Waals surface area contributed by atoms with Gasteiger partial charge >= 0.3 is 0 Å². The van der Waals surface area contributed by atoms with Crippen LogP contribution in [0.1, 0.15) is 90.9 Å². The normalized spacial score (nSPS) is 12.1. The van der Waals surface area contributed by atoms with Gasteiger partial charge in [-0.3, -0.25) is 0 Å². The standard InChI is InChI=1S/C34H44N2/c1-3-5-7-9-11-17-25-35-31-21-15-13-19-27(31)29-23-24-30-28-20-14-16-22-32(28)36(34(30)33(29)35)26-18-12-10-8-6-4-2/h13-16,19-24H,3-12,17-18,25-26H2,1-2H3. The highest BCUT2D eigenvalue weighted by molar-refractivity contribution is 6.22. The van der Waals surface area contributed by atoms with E-state index >= 15 is 0 Å². The minimum absolute atomic E-state index is 1.10. The molecule has 0 unspecified atom stereocenters. The molecule has 2 nitrogen and oxygen atoms in total. The largest absolute Gasteiger partial charge is 0.339 e. The molecule has 0 aliphatic carbocycles. The fourth-order valence-electron chi connectivity index (χ4n) is 6.24. The quantitative estimate of drug-likeness (QED) is 0.140. The fraction of sp³-hybridized carbons (Fsp3) is 0.471. The number of aromatic nitrogens is 2. The van der Waals surface area contributed by atoms with Gasteiger partial charge in [-0.1, -0.05) is 127 Å². The van der Waals surface area contributed by atoms with Crippen LogP contribution in [-0.4, -0.2) is 9.13 Å². The Kier molecular flexibility index (Phi) is 8.31. The van der Waals surface area contributed by atoms with Crippen molar-refractivity contribution >= 4 is 43.6 Å². The molecule has 3 aromatic carbocycles. The molecule has 5 aromatic rings. The van der Waals surface area contributed by atoms with Crippen LogP contribution in [-0.2, 0) is 13.1 Å². The van der Waals surface area contributed by atoms with Crippen molar-refractivity contribution in [2.75, 3.05) is 0 Å². The van der Waals surface area contributed by atoms with E-state index in [1.807, 2.05) is 0 Å². The lowest BCUT2D eigenvalue weighted by Gasteiger charge is -2.12. The summed E-state index contributed by atoms with van der Waals surface area (Å²) in [7, 11) is 0. The summed E-state index contributed by atoms with van der Waals surface area (Å²) < 4.78 is 5.31. The van der Waals surface area contributed by atoms with Crippen LogP contribution in [0.25, 0.3) is 43.6 Å². The number of aryl methyl sites for hydroxylation is 2. The third-order valence-corrected chi connectivity index (χ3v) is 8.13. The van der Waals surface area contributed by atoms with Crippen molar-refractivity contribution in [3.05, 3.63) is 60.7 Å². The Morgan fingerprint density at radius 1 is 0.417 bits per heavy atom. The topological polar surface area (TPSA) is 9.86 Å². The molecule has 0 aliphatic heterocycles. The van der Waals surface area contributed by atoms with E-state index in [0.29, 0.717) is 0 Å². The Morgan fingerprint density at radius 2 is 0.806 bits per heavy atom. The lowest BCUT2D eigenvalue weighted by atomic mass is 10.1. The number of benzene rings is 3. The molecular formula is C34H44N2. The zero-order valence-corrected chi connectivity index (χ0v) is 22.6. The molecule has 0 amide bonds. The van der Waals surface area contributed by atoms with Crippen LogP contribution in [0.4, 0.5) is 0 Å². The molecule has 2 heteroatoms. The summed E-state index contributed by atoms with van der Waals surface area (Å²) >= 11 is 0. The SMILES string of the molecule is CCCCCCCCn1c2ccccc2c2ccc3c4ccccc4n(CCCCCCCC)c3c21. The van der Waals surface area contributed by atoms with Gasteiger partial charge in [0.05, 0.1) is 11.0 Å². The third-order valence-electron chi connectivity index (χ3n) is 8.13. The van der Waals surface area contributed by atoms with Crippen molar-refractivity contribution in [2.45, 2.75) is 104 Å². The number of para-hydroxylation sites is 2. The molecule has 0 saturated carbocycles. The Labute approximate surface area is 217 Å². The highest BCUT2D eigenvalue weighted by atomic mass is 15.0. The van der Waals surface area contributed by atoms with Crippen LogP contribution in [0, 0.1) is 0 Å². The van der Waals surface area contributed by atoms with Crippen molar-refractivity contribution < 1.29 is 0 Å². The van der Waals surface area contributed by atoms with Gasteiger partial charge in [0.2, 0.25) is 0 Å². The Balaban J connectivity index is 1.58. The highest BCUT2D eigenvalue weighted by Gasteiger charge is 2.18. The number of unbranched alkanes of at least 4 members (excludes halogenated alkanes) is 10. The number of hydrogen-bond donors (Lipinski definition) is 0. The second-order valence-corrected chi connectivity index (χ2v) is 10.7. The van der Waals surface area contributed by atoms with Gasteiger partial charge in [-0.05, 0) is 25.0 Å². The maximum atomic E-state index is 2.66. The molecule has 190 valence electrons. The number of nitrogens with zero attached hydrogens (tertiary/aromatic N) is 2. The first kappa shape index (κ1) is 24.9. The maximum absolute atomic E-state index is 2.66. The van der Waals surface area contributed by atoms with Gasteiger partial charge in [-0.15, -0.1) is 0 Å². The summed E-state index contributed by atoms with van der Waals surface area (Å²) in [4.78, 5) is 0. The van der Waals surface area contributed by atoms with Crippen LogP contribution in [0.3, 0.4) is 0 Å². The minimum atomic E-state index is 1.10. The Morgan fingerprint density at radius 3 is 1.25 bits per heavy atom. The molecule has 0 radical (unpaired) electrons. The van der Waals surface area contributed by atoms with Crippen molar-refractivity contribution in [3.8, 4) is 0 Å². The van der Waals surface area contributed by atoms with Crippen LogP contribution in [0.15, 0.2) is 60.7 Å². The van der Waals surface area contributed by atoms with Crippen molar-refractivity contribution in [1.82, 2.24) is 9.13 Å². The second-order valence-electron chi connectivity index (χ2n) is 10.7. The molecule has 0 bridgehead atoms. The van der Waals surface area contributed by atoms with Crippen LogP contribution < -0.4 is 0 Å². The number of fused-ring (bicyclic) bond motifs is 7. The van der Waals surface area contributed by atoms with Gasteiger partial charge in [0.15, 0.2) is 0 Å². The summed E-state index contributed by atoms with van der Waals surface area (Å²) in [6, 6.07) is 22.9. The van der Waals surface area contributed by atoms with E-state index in [0.717, 1.165) is 13.1 Å². The van der Waals surface area contributed by atoms with Gasteiger partial charge in [0.25, 0.3) is 0 Å². The molecule has 0 aliphatic rings.